The molecule has 5 heteroatoms. The summed E-state index contributed by atoms with van der Waals surface area (Å²) in [6.07, 6.45) is 2.49. The van der Waals surface area contributed by atoms with Crippen LogP contribution in [0.5, 0.6) is 0 Å². The van der Waals surface area contributed by atoms with Gasteiger partial charge in [-0.3, -0.25) is 4.79 Å². The molecule has 1 aliphatic heterocycles. The lowest BCUT2D eigenvalue weighted by molar-refractivity contribution is -0.128. The summed E-state index contributed by atoms with van der Waals surface area (Å²) in [4.78, 5) is 13.1. The number of halogens is 1. The van der Waals surface area contributed by atoms with E-state index in [9.17, 15) is 9.18 Å². The number of nitrogens with two attached hydrogens (primary N) is 1. The maximum Gasteiger partial charge on any atom is 0.219 e. The standard InChI is InChI=1S/C17H23FN2O2/c1-12(21)20-9-7-14(8-10-20)13-3-5-15(6-4-13)17(22-2)16(19)11-18/h3-7,16-17H,8-11,19H2,1-2H3/t16-,17-/m1/s1. The van der Waals surface area contributed by atoms with Gasteiger partial charge in [0.15, 0.2) is 0 Å². The number of rotatable bonds is 5. The lowest BCUT2D eigenvalue weighted by Crippen LogP contribution is -2.32. The third-order valence-electron chi connectivity index (χ3n) is 4.09. The van der Waals surface area contributed by atoms with E-state index in [4.69, 9.17) is 10.5 Å². The van der Waals surface area contributed by atoms with Gasteiger partial charge in [0.25, 0.3) is 0 Å². The minimum absolute atomic E-state index is 0.105. The molecule has 0 saturated heterocycles. The van der Waals surface area contributed by atoms with Crippen LogP contribution in [0.2, 0.25) is 0 Å². The summed E-state index contributed by atoms with van der Waals surface area (Å²) in [6, 6.07) is 7.20. The fourth-order valence-electron chi connectivity index (χ4n) is 2.74. The summed E-state index contributed by atoms with van der Waals surface area (Å²) in [7, 11) is 1.54. The number of nitrogens with zero attached hydrogens (tertiary/aromatic N) is 1. The molecule has 0 unspecified atom stereocenters. The molecule has 1 amide bonds. The van der Waals surface area contributed by atoms with Crippen molar-refractivity contribution in [2.75, 3.05) is 26.9 Å². The van der Waals surface area contributed by atoms with Crippen molar-refractivity contribution in [3.05, 3.63) is 41.5 Å². The molecule has 2 atom stereocenters. The molecule has 120 valence electrons. The zero-order chi connectivity index (χ0) is 16.1. The second-order valence-electron chi connectivity index (χ2n) is 5.54. The summed E-state index contributed by atoms with van der Waals surface area (Å²) < 4.78 is 18.0. The molecule has 0 radical (unpaired) electrons. The fraction of sp³-hybridized carbons (Fsp3) is 0.471. The van der Waals surface area contributed by atoms with Gasteiger partial charge in [-0.1, -0.05) is 30.3 Å². The highest BCUT2D eigenvalue weighted by Gasteiger charge is 2.20. The summed E-state index contributed by atoms with van der Waals surface area (Å²) in [5.74, 6) is 0.105. The van der Waals surface area contributed by atoms with Crippen molar-refractivity contribution in [1.29, 1.82) is 0 Å². The SMILES string of the molecule is CO[C@H](c1ccc(C2=CCN(C(C)=O)CC2)cc1)[C@H](N)CF. The molecule has 1 aromatic carbocycles. The Hall–Kier alpha value is -1.72. The van der Waals surface area contributed by atoms with Gasteiger partial charge in [0.05, 0.1) is 12.1 Å². The molecule has 0 bridgehead atoms. The molecule has 1 aromatic rings. The third-order valence-corrected chi connectivity index (χ3v) is 4.09. The quantitative estimate of drug-likeness (QED) is 0.908. The van der Waals surface area contributed by atoms with E-state index in [1.807, 2.05) is 29.2 Å². The van der Waals surface area contributed by atoms with E-state index in [-0.39, 0.29) is 5.91 Å². The Morgan fingerprint density at radius 1 is 1.41 bits per heavy atom. The first-order valence-corrected chi connectivity index (χ1v) is 7.46. The van der Waals surface area contributed by atoms with E-state index in [2.05, 4.69) is 6.08 Å². The Morgan fingerprint density at radius 3 is 2.55 bits per heavy atom. The normalized spacial score (nSPS) is 17.8. The van der Waals surface area contributed by atoms with Gasteiger partial charge < -0.3 is 15.4 Å². The molecule has 0 fully saturated rings. The van der Waals surface area contributed by atoms with Gasteiger partial charge in [-0.05, 0) is 23.1 Å². The van der Waals surface area contributed by atoms with Crippen LogP contribution in [0.25, 0.3) is 5.57 Å². The number of carbonyl (C=O) groups excluding carboxylic acids is 1. The number of methoxy groups -OCH3 is 1. The monoisotopic (exact) mass is 306 g/mol. The number of ether oxygens (including phenoxy) is 1. The van der Waals surface area contributed by atoms with Gasteiger partial charge in [0, 0.05) is 27.1 Å². The molecule has 0 aliphatic carbocycles. The van der Waals surface area contributed by atoms with Crippen molar-refractivity contribution < 1.29 is 13.9 Å². The first kappa shape index (κ1) is 16.6. The van der Waals surface area contributed by atoms with Gasteiger partial charge in [-0.15, -0.1) is 0 Å². The Morgan fingerprint density at radius 2 is 2.09 bits per heavy atom. The van der Waals surface area contributed by atoms with Crippen LogP contribution < -0.4 is 5.73 Å². The zero-order valence-electron chi connectivity index (χ0n) is 13.1. The molecular formula is C17H23FN2O2. The highest BCUT2D eigenvalue weighted by atomic mass is 19.1. The Labute approximate surface area is 130 Å². The first-order valence-electron chi connectivity index (χ1n) is 7.46. The summed E-state index contributed by atoms with van der Waals surface area (Å²) >= 11 is 0. The van der Waals surface area contributed by atoms with Crippen LogP contribution in [0.1, 0.15) is 30.6 Å². The molecule has 0 spiro atoms. The van der Waals surface area contributed by atoms with Crippen molar-refractivity contribution >= 4 is 11.5 Å². The van der Waals surface area contributed by atoms with Crippen molar-refractivity contribution in [2.24, 2.45) is 5.73 Å². The van der Waals surface area contributed by atoms with E-state index in [0.717, 1.165) is 24.1 Å². The summed E-state index contributed by atoms with van der Waals surface area (Å²) in [5, 5.41) is 0. The van der Waals surface area contributed by atoms with Crippen LogP contribution >= 0.6 is 0 Å². The maximum atomic E-state index is 12.7. The molecule has 1 aliphatic rings. The topological polar surface area (TPSA) is 55.6 Å². The number of alkyl halides is 1. The van der Waals surface area contributed by atoms with Crippen LogP contribution in [-0.4, -0.2) is 43.7 Å². The lowest BCUT2D eigenvalue weighted by Gasteiger charge is -2.26. The molecule has 1 heterocycles. The highest BCUT2D eigenvalue weighted by Crippen LogP contribution is 2.26. The van der Waals surface area contributed by atoms with Gasteiger partial charge >= 0.3 is 0 Å². The predicted octanol–water partition coefficient (Wildman–Crippen LogP) is 2.31. The predicted molar refractivity (Wildman–Crippen MR) is 85.0 cm³/mol. The van der Waals surface area contributed by atoms with Crippen LogP contribution in [0.4, 0.5) is 4.39 Å². The largest absolute Gasteiger partial charge is 0.375 e. The van der Waals surface area contributed by atoms with Crippen LogP contribution in [0.3, 0.4) is 0 Å². The van der Waals surface area contributed by atoms with Crippen molar-refractivity contribution in [3.63, 3.8) is 0 Å². The average Bonchev–Trinajstić information content (AvgIpc) is 2.56. The van der Waals surface area contributed by atoms with E-state index < -0.39 is 18.8 Å². The van der Waals surface area contributed by atoms with Gasteiger partial charge in [-0.25, -0.2) is 4.39 Å². The van der Waals surface area contributed by atoms with Crippen LogP contribution in [-0.2, 0) is 9.53 Å². The Bertz CT molecular complexity index is 542. The smallest absolute Gasteiger partial charge is 0.219 e. The highest BCUT2D eigenvalue weighted by molar-refractivity contribution is 5.76. The zero-order valence-corrected chi connectivity index (χ0v) is 13.1. The Kier molecular flexibility index (Phi) is 5.69. The number of amides is 1. The molecule has 0 aromatic heterocycles. The Balaban J connectivity index is 2.11. The van der Waals surface area contributed by atoms with E-state index in [0.29, 0.717) is 6.54 Å². The second-order valence-corrected chi connectivity index (χ2v) is 5.54. The molecule has 2 N–H and O–H groups in total. The minimum Gasteiger partial charge on any atom is -0.375 e. The second kappa shape index (κ2) is 7.51. The first-order chi connectivity index (χ1) is 10.6. The number of hydrogen-bond acceptors (Lipinski definition) is 3. The molecule has 22 heavy (non-hydrogen) atoms. The fourth-order valence-corrected chi connectivity index (χ4v) is 2.74. The number of benzene rings is 1. The van der Waals surface area contributed by atoms with Crippen molar-refractivity contribution in [3.8, 4) is 0 Å². The summed E-state index contributed by atoms with van der Waals surface area (Å²) in [6.45, 7) is 2.37. The minimum atomic E-state index is -0.658. The van der Waals surface area contributed by atoms with E-state index in [1.165, 1.54) is 12.7 Å². The third kappa shape index (κ3) is 3.72. The maximum absolute atomic E-state index is 12.7. The van der Waals surface area contributed by atoms with Crippen LogP contribution in [0, 0.1) is 0 Å². The van der Waals surface area contributed by atoms with Gasteiger partial charge in [-0.2, -0.15) is 0 Å². The van der Waals surface area contributed by atoms with E-state index in [1.54, 1.807) is 6.92 Å². The van der Waals surface area contributed by atoms with Crippen LogP contribution in [0.15, 0.2) is 30.3 Å². The molecule has 2 rings (SSSR count). The molecular weight excluding hydrogens is 283 g/mol. The van der Waals surface area contributed by atoms with Crippen molar-refractivity contribution in [1.82, 2.24) is 4.90 Å². The molecule has 0 saturated carbocycles. The average molecular weight is 306 g/mol. The van der Waals surface area contributed by atoms with Crippen molar-refractivity contribution in [2.45, 2.75) is 25.5 Å². The van der Waals surface area contributed by atoms with Gasteiger partial charge in [0.1, 0.15) is 6.67 Å². The summed E-state index contributed by atoms with van der Waals surface area (Å²) in [5.41, 5.74) is 8.96. The number of hydrogen-bond donors (Lipinski definition) is 1. The number of carbonyl (C=O) groups is 1. The molecule has 4 nitrogen and oxygen atoms in total. The lowest BCUT2D eigenvalue weighted by atomic mass is 9.96. The van der Waals surface area contributed by atoms with Gasteiger partial charge in [0.2, 0.25) is 5.91 Å². The van der Waals surface area contributed by atoms with E-state index >= 15 is 0 Å².